The number of likely N-dealkylation sites (tertiary alicyclic amines) is 1. The standard InChI is InChI=1S/C19H31BN6O4/c21-14(12-13-6-2-1-3-7-13)17(27)25-18(28)15-8-5-11-26(15)16(20(29)30)9-4-10-24-19(22)23/h1-3,6-7,14-16,29-30H,4-5,8-12,21H2,(H4,22,23,24)(H,25,27,28)/t14-,15+,16+/m1/s1. The van der Waals surface area contributed by atoms with E-state index >= 15 is 0 Å². The fourth-order valence-electron chi connectivity index (χ4n) is 3.72. The molecule has 164 valence electrons. The Bertz CT molecular complexity index is 729. The van der Waals surface area contributed by atoms with Gasteiger partial charge < -0.3 is 27.2 Å². The van der Waals surface area contributed by atoms with Gasteiger partial charge in [0.15, 0.2) is 5.96 Å². The van der Waals surface area contributed by atoms with Gasteiger partial charge in [-0.05, 0) is 44.2 Å². The topological polar surface area (TPSA) is 180 Å². The van der Waals surface area contributed by atoms with E-state index in [1.54, 1.807) is 4.90 Å². The third kappa shape index (κ3) is 7.10. The highest BCUT2D eigenvalue weighted by Crippen LogP contribution is 2.23. The number of carbonyl (C=O) groups excluding carboxylic acids is 2. The molecule has 0 aromatic heterocycles. The first kappa shape index (κ1) is 23.8. The molecular weight excluding hydrogens is 387 g/mol. The van der Waals surface area contributed by atoms with Crippen LogP contribution in [0.4, 0.5) is 0 Å². The molecular formula is C19H31BN6O4. The van der Waals surface area contributed by atoms with E-state index < -0.39 is 37.0 Å². The summed E-state index contributed by atoms with van der Waals surface area (Å²) in [5, 5.41) is 22.0. The van der Waals surface area contributed by atoms with Crippen molar-refractivity contribution in [2.75, 3.05) is 13.1 Å². The molecule has 11 heteroatoms. The molecule has 9 N–H and O–H groups in total. The molecule has 3 atom stereocenters. The van der Waals surface area contributed by atoms with Crippen LogP contribution in [0.15, 0.2) is 35.3 Å². The van der Waals surface area contributed by atoms with Crippen molar-refractivity contribution in [1.29, 1.82) is 0 Å². The first-order chi connectivity index (χ1) is 14.3. The zero-order valence-electron chi connectivity index (χ0n) is 17.0. The Labute approximate surface area is 176 Å². The number of amides is 2. The zero-order chi connectivity index (χ0) is 22.1. The molecule has 1 aliphatic heterocycles. The molecule has 2 amide bonds. The summed E-state index contributed by atoms with van der Waals surface area (Å²) in [5.41, 5.74) is 17.4. The molecule has 1 saturated heterocycles. The number of benzene rings is 1. The molecule has 2 rings (SSSR count). The summed E-state index contributed by atoms with van der Waals surface area (Å²) in [5.74, 6) is -1.72. The van der Waals surface area contributed by atoms with Crippen LogP contribution >= 0.6 is 0 Å². The molecule has 30 heavy (non-hydrogen) atoms. The smallest absolute Gasteiger partial charge is 0.426 e. The Kier molecular flexibility index (Phi) is 9.25. The van der Waals surface area contributed by atoms with E-state index in [4.69, 9.17) is 17.2 Å². The third-order valence-corrected chi connectivity index (χ3v) is 5.20. The Morgan fingerprint density at radius 2 is 1.97 bits per heavy atom. The summed E-state index contributed by atoms with van der Waals surface area (Å²) < 4.78 is 0. The number of nitrogens with two attached hydrogens (primary N) is 3. The minimum atomic E-state index is -1.63. The van der Waals surface area contributed by atoms with Crippen molar-refractivity contribution in [1.82, 2.24) is 10.2 Å². The number of hydrogen-bond donors (Lipinski definition) is 6. The first-order valence-electron chi connectivity index (χ1n) is 10.1. The van der Waals surface area contributed by atoms with Crippen molar-refractivity contribution in [3.63, 3.8) is 0 Å². The van der Waals surface area contributed by atoms with Crippen LogP contribution in [0.1, 0.15) is 31.2 Å². The summed E-state index contributed by atoms with van der Waals surface area (Å²) in [6.45, 7) is 0.871. The van der Waals surface area contributed by atoms with Gasteiger partial charge in [0.25, 0.3) is 0 Å². The monoisotopic (exact) mass is 418 g/mol. The van der Waals surface area contributed by atoms with Gasteiger partial charge in [-0.1, -0.05) is 30.3 Å². The lowest BCUT2D eigenvalue weighted by atomic mass is 9.75. The van der Waals surface area contributed by atoms with Crippen molar-refractivity contribution in [3.8, 4) is 0 Å². The number of aliphatic imine (C=N–C) groups is 1. The molecule has 0 spiro atoms. The second kappa shape index (κ2) is 11.7. The van der Waals surface area contributed by atoms with Gasteiger partial charge in [-0.15, -0.1) is 0 Å². The van der Waals surface area contributed by atoms with E-state index in [0.717, 1.165) is 5.56 Å². The Morgan fingerprint density at radius 3 is 2.60 bits per heavy atom. The highest BCUT2D eigenvalue weighted by Gasteiger charge is 2.40. The first-order valence-corrected chi connectivity index (χ1v) is 10.1. The predicted octanol–water partition coefficient (Wildman–Crippen LogP) is -1.90. The fraction of sp³-hybridized carbons (Fsp3) is 0.526. The van der Waals surface area contributed by atoms with Gasteiger partial charge in [-0.25, -0.2) is 0 Å². The highest BCUT2D eigenvalue weighted by molar-refractivity contribution is 6.43. The van der Waals surface area contributed by atoms with Gasteiger partial charge >= 0.3 is 7.12 Å². The van der Waals surface area contributed by atoms with Gasteiger partial charge in [-0.3, -0.25) is 24.8 Å². The third-order valence-electron chi connectivity index (χ3n) is 5.20. The molecule has 0 bridgehead atoms. The highest BCUT2D eigenvalue weighted by atomic mass is 16.4. The van der Waals surface area contributed by atoms with Gasteiger partial charge in [0.1, 0.15) is 0 Å². The summed E-state index contributed by atoms with van der Waals surface area (Å²) in [6, 6.07) is 7.82. The SMILES string of the molecule is NC(N)=NCCC[C@@H](B(O)O)N1CCC[C@H]1C(=O)NC(=O)[C@H](N)Cc1ccccc1. The number of nitrogens with one attached hydrogen (secondary N) is 1. The molecule has 1 fully saturated rings. The van der Waals surface area contributed by atoms with Gasteiger partial charge in [0.2, 0.25) is 11.8 Å². The summed E-state index contributed by atoms with van der Waals surface area (Å²) in [7, 11) is -1.63. The second-order valence-electron chi connectivity index (χ2n) is 7.48. The lowest BCUT2D eigenvalue weighted by molar-refractivity contribution is -0.134. The average molecular weight is 418 g/mol. The van der Waals surface area contributed by atoms with Crippen LogP contribution in [-0.2, 0) is 16.0 Å². The quantitative estimate of drug-likeness (QED) is 0.110. The maximum atomic E-state index is 12.7. The molecule has 0 aliphatic carbocycles. The van der Waals surface area contributed by atoms with Gasteiger partial charge in [-0.2, -0.15) is 0 Å². The lowest BCUT2D eigenvalue weighted by Gasteiger charge is -2.31. The maximum absolute atomic E-state index is 12.7. The molecule has 0 saturated carbocycles. The van der Waals surface area contributed by atoms with E-state index in [2.05, 4.69) is 10.3 Å². The average Bonchev–Trinajstić information content (AvgIpc) is 3.17. The minimum absolute atomic E-state index is 0.0279. The van der Waals surface area contributed by atoms with Gasteiger partial charge in [0.05, 0.1) is 12.1 Å². The Morgan fingerprint density at radius 1 is 1.27 bits per heavy atom. The van der Waals surface area contributed by atoms with Crippen LogP contribution in [0.3, 0.4) is 0 Å². The van der Waals surface area contributed by atoms with Crippen LogP contribution < -0.4 is 22.5 Å². The van der Waals surface area contributed by atoms with E-state index in [1.807, 2.05) is 30.3 Å². The van der Waals surface area contributed by atoms with E-state index in [0.29, 0.717) is 45.2 Å². The van der Waals surface area contributed by atoms with Crippen LogP contribution in [0.25, 0.3) is 0 Å². The number of rotatable bonds is 10. The molecule has 1 heterocycles. The molecule has 1 aromatic rings. The van der Waals surface area contributed by atoms with Crippen molar-refractivity contribution in [2.45, 2.75) is 50.1 Å². The van der Waals surface area contributed by atoms with Crippen molar-refractivity contribution >= 4 is 24.9 Å². The maximum Gasteiger partial charge on any atom is 0.469 e. The summed E-state index contributed by atoms with van der Waals surface area (Å²) >= 11 is 0. The Balaban J connectivity index is 1.94. The van der Waals surface area contributed by atoms with Crippen molar-refractivity contribution in [3.05, 3.63) is 35.9 Å². The lowest BCUT2D eigenvalue weighted by Crippen LogP contribution is -2.56. The summed E-state index contributed by atoms with van der Waals surface area (Å²) in [4.78, 5) is 30.7. The summed E-state index contributed by atoms with van der Waals surface area (Å²) in [6.07, 6.45) is 2.45. The minimum Gasteiger partial charge on any atom is -0.426 e. The van der Waals surface area contributed by atoms with Crippen LogP contribution in [0.2, 0.25) is 0 Å². The number of carbonyl (C=O) groups is 2. The number of nitrogens with zero attached hydrogens (tertiary/aromatic N) is 2. The number of guanidine groups is 1. The van der Waals surface area contributed by atoms with Crippen molar-refractivity contribution < 1.29 is 19.6 Å². The largest absolute Gasteiger partial charge is 0.469 e. The van der Waals surface area contributed by atoms with E-state index in [1.165, 1.54) is 0 Å². The molecule has 0 radical (unpaired) electrons. The molecule has 0 unspecified atom stereocenters. The van der Waals surface area contributed by atoms with E-state index in [-0.39, 0.29) is 5.96 Å². The van der Waals surface area contributed by atoms with E-state index in [9.17, 15) is 19.6 Å². The predicted molar refractivity (Wildman–Crippen MR) is 115 cm³/mol. The molecule has 1 aliphatic rings. The van der Waals surface area contributed by atoms with Crippen LogP contribution in [-0.4, -0.2) is 71.0 Å². The van der Waals surface area contributed by atoms with Crippen LogP contribution in [0, 0.1) is 0 Å². The molecule has 1 aromatic carbocycles. The fourth-order valence-corrected chi connectivity index (χ4v) is 3.72. The zero-order valence-corrected chi connectivity index (χ0v) is 17.0. The number of imide groups is 1. The number of hydrogen-bond acceptors (Lipinski definition) is 7. The normalized spacial score (nSPS) is 18.4. The van der Waals surface area contributed by atoms with Crippen molar-refractivity contribution in [2.24, 2.45) is 22.2 Å². The second-order valence-corrected chi connectivity index (χ2v) is 7.48. The van der Waals surface area contributed by atoms with Gasteiger partial charge in [0, 0.05) is 12.5 Å². The molecule has 10 nitrogen and oxygen atoms in total. The Hall–Kier alpha value is -2.47. The van der Waals surface area contributed by atoms with Crippen LogP contribution in [0.5, 0.6) is 0 Å².